The van der Waals surface area contributed by atoms with Crippen LogP contribution in [0.1, 0.15) is 48.5 Å². The Morgan fingerprint density at radius 2 is 2.24 bits per heavy atom. The van der Waals surface area contributed by atoms with E-state index in [1.165, 1.54) is 0 Å². The molecule has 0 amide bonds. The zero-order valence-corrected chi connectivity index (χ0v) is 12.4. The number of hydrogen-bond acceptors (Lipinski definition) is 4. The maximum absolute atomic E-state index is 12.4. The number of fused-ring (bicyclic) bond motifs is 1. The van der Waals surface area contributed by atoms with Gasteiger partial charge < -0.3 is 14.0 Å². The minimum atomic E-state index is -0.289. The number of rotatable bonds is 3. The van der Waals surface area contributed by atoms with E-state index < -0.39 is 0 Å². The van der Waals surface area contributed by atoms with E-state index in [2.05, 4.69) is 18.8 Å². The number of methoxy groups -OCH3 is 1. The molecule has 0 saturated heterocycles. The van der Waals surface area contributed by atoms with E-state index in [1.807, 2.05) is 4.57 Å². The fourth-order valence-corrected chi connectivity index (χ4v) is 2.59. The second-order valence-corrected chi connectivity index (χ2v) is 5.42. The lowest BCUT2D eigenvalue weighted by Crippen LogP contribution is -2.23. The van der Waals surface area contributed by atoms with Crippen LogP contribution >= 0.6 is 0 Å². The van der Waals surface area contributed by atoms with Crippen molar-refractivity contribution in [3.63, 3.8) is 0 Å². The summed E-state index contributed by atoms with van der Waals surface area (Å²) in [6, 6.07) is 5.59. The third-order valence-electron chi connectivity index (χ3n) is 3.71. The molecule has 21 heavy (non-hydrogen) atoms. The van der Waals surface area contributed by atoms with Crippen molar-refractivity contribution in [3.8, 4) is 11.5 Å². The molecule has 5 nitrogen and oxygen atoms in total. The van der Waals surface area contributed by atoms with Crippen LogP contribution in [-0.4, -0.2) is 22.4 Å². The van der Waals surface area contributed by atoms with Crippen LogP contribution in [0.4, 0.5) is 0 Å². The van der Waals surface area contributed by atoms with Crippen molar-refractivity contribution in [1.29, 1.82) is 0 Å². The summed E-state index contributed by atoms with van der Waals surface area (Å²) in [7, 11) is 1.58. The Hall–Kier alpha value is -2.30. The lowest BCUT2D eigenvalue weighted by atomic mass is 9.99. The molecular weight excluding hydrogens is 268 g/mol. The average molecular weight is 286 g/mol. The number of carbonyl (C=O) groups is 1. The van der Waals surface area contributed by atoms with Gasteiger partial charge in [0.2, 0.25) is 0 Å². The second kappa shape index (κ2) is 5.24. The number of ketones is 1. The Morgan fingerprint density at radius 3 is 2.95 bits per heavy atom. The molecule has 1 unspecified atom stereocenters. The van der Waals surface area contributed by atoms with Gasteiger partial charge in [0.1, 0.15) is 17.6 Å². The molecule has 0 saturated carbocycles. The Morgan fingerprint density at radius 1 is 1.43 bits per heavy atom. The van der Waals surface area contributed by atoms with Crippen molar-refractivity contribution in [2.45, 2.75) is 32.4 Å². The van der Waals surface area contributed by atoms with Gasteiger partial charge in [-0.3, -0.25) is 4.79 Å². The topological polar surface area (TPSA) is 53.3 Å². The molecule has 1 aliphatic rings. The first kappa shape index (κ1) is 13.7. The Balaban J connectivity index is 1.95. The number of benzene rings is 1. The van der Waals surface area contributed by atoms with E-state index in [9.17, 15) is 4.79 Å². The van der Waals surface area contributed by atoms with E-state index in [4.69, 9.17) is 9.47 Å². The van der Waals surface area contributed by atoms with Crippen LogP contribution in [0.5, 0.6) is 11.5 Å². The SMILES string of the molecule is COc1ccc2c(c1)C(=O)CC(c1cncn1C(C)C)O2. The number of hydrogen-bond donors (Lipinski definition) is 0. The standard InChI is InChI=1S/C16H18N2O3/c1-10(2)18-9-17-8-13(18)16-7-14(19)12-6-11(20-3)4-5-15(12)21-16/h4-6,8-10,16H,7H2,1-3H3. The quantitative estimate of drug-likeness (QED) is 0.869. The number of imidazole rings is 1. The molecule has 2 aromatic rings. The fourth-order valence-electron chi connectivity index (χ4n) is 2.59. The molecule has 110 valence electrons. The minimum absolute atomic E-state index is 0.0663. The molecule has 0 bridgehead atoms. The summed E-state index contributed by atoms with van der Waals surface area (Å²) in [5, 5.41) is 0. The van der Waals surface area contributed by atoms with E-state index in [1.54, 1.807) is 37.8 Å². The summed E-state index contributed by atoms with van der Waals surface area (Å²) in [4.78, 5) is 16.6. The van der Waals surface area contributed by atoms with Crippen molar-refractivity contribution in [3.05, 3.63) is 42.0 Å². The van der Waals surface area contributed by atoms with Crippen LogP contribution in [0.15, 0.2) is 30.7 Å². The van der Waals surface area contributed by atoms with Gasteiger partial charge >= 0.3 is 0 Å². The number of ether oxygens (including phenoxy) is 2. The van der Waals surface area contributed by atoms with Crippen LogP contribution in [-0.2, 0) is 0 Å². The molecule has 5 heteroatoms. The van der Waals surface area contributed by atoms with Crippen molar-refractivity contribution in [1.82, 2.24) is 9.55 Å². The van der Waals surface area contributed by atoms with Gasteiger partial charge in [0.25, 0.3) is 0 Å². The maximum Gasteiger partial charge on any atom is 0.170 e. The van der Waals surface area contributed by atoms with Crippen molar-refractivity contribution in [2.24, 2.45) is 0 Å². The largest absolute Gasteiger partial charge is 0.497 e. The summed E-state index contributed by atoms with van der Waals surface area (Å²) in [5.41, 5.74) is 1.51. The summed E-state index contributed by atoms with van der Waals surface area (Å²) in [6.45, 7) is 4.16. The van der Waals surface area contributed by atoms with E-state index in [0.29, 0.717) is 23.5 Å². The lowest BCUT2D eigenvalue weighted by Gasteiger charge is -2.27. The van der Waals surface area contributed by atoms with Crippen molar-refractivity contribution in [2.75, 3.05) is 7.11 Å². The number of nitrogens with zero attached hydrogens (tertiary/aromatic N) is 2. The fraction of sp³-hybridized carbons (Fsp3) is 0.375. The predicted molar refractivity (Wildman–Crippen MR) is 77.9 cm³/mol. The predicted octanol–water partition coefficient (Wildman–Crippen LogP) is 3.18. The summed E-state index contributed by atoms with van der Waals surface area (Å²) < 4.78 is 13.2. The molecule has 1 aromatic heterocycles. The van der Waals surface area contributed by atoms with Gasteiger partial charge in [0, 0.05) is 6.04 Å². The highest BCUT2D eigenvalue weighted by molar-refractivity contribution is 6.00. The van der Waals surface area contributed by atoms with Gasteiger partial charge in [-0.25, -0.2) is 4.98 Å². The van der Waals surface area contributed by atoms with E-state index in [0.717, 1.165) is 5.69 Å². The highest BCUT2D eigenvalue weighted by Crippen LogP contribution is 2.37. The number of Topliss-reactive ketones (excluding diaryl/α,β-unsaturated/α-hetero) is 1. The van der Waals surface area contributed by atoms with E-state index >= 15 is 0 Å². The molecule has 1 atom stereocenters. The highest BCUT2D eigenvalue weighted by Gasteiger charge is 2.30. The molecule has 0 fully saturated rings. The normalized spacial score (nSPS) is 17.5. The molecule has 1 aliphatic heterocycles. The highest BCUT2D eigenvalue weighted by atomic mass is 16.5. The average Bonchev–Trinajstić information content (AvgIpc) is 2.96. The molecule has 1 aromatic carbocycles. The van der Waals surface area contributed by atoms with Gasteiger partial charge in [-0.1, -0.05) is 0 Å². The molecule has 3 rings (SSSR count). The minimum Gasteiger partial charge on any atom is -0.497 e. The zero-order valence-electron chi connectivity index (χ0n) is 12.4. The Bertz CT molecular complexity index is 676. The molecule has 0 radical (unpaired) electrons. The third-order valence-corrected chi connectivity index (χ3v) is 3.71. The first-order chi connectivity index (χ1) is 10.1. The first-order valence-corrected chi connectivity index (χ1v) is 6.99. The zero-order chi connectivity index (χ0) is 15.0. The van der Waals surface area contributed by atoms with E-state index in [-0.39, 0.29) is 17.9 Å². The molecule has 2 heterocycles. The van der Waals surface area contributed by atoms with Crippen molar-refractivity contribution >= 4 is 5.78 Å². The number of carbonyl (C=O) groups excluding carboxylic acids is 1. The van der Waals surface area contributed by atoms with Gasteiger partial charge in [-0.05, 0) is 32.0 Å². The van der Waals surface area contributed by atoms with Crippen LogP contribution in [0, 0.1) is 0 Å². The van der Waals surface area contributed by atoms with Gasteiger partial charge in [-0.2, -0.15) is 0 Å². The molecule has 0 spiro atoms. The van der Waals surface area contributed by atoms with Gasteiger partial charge in [-0.15, -0.1) is 0 Å². The molecular formula is C16H18N2O3. The Kier molecular flexibility index (Phi) is 3.41. The van der Waals surface area contributed by atoms with Gasteiger partial charge in [0.15, 0.2) is 5.78 Å². The first-order valence-electron chi connectivity index (χ1n) is 6.99. The molecule has 0 N–H and O–H groups in total. The monoisotopic (exact) mass is 286 g/mol. The lowest BCUT2D eigenvalue weighted by molar-refractivity contribution is 0.0837. The number of aromatic nitrogens is 2. The Labute approximate surface area is 123 Å². The summed E-state index contributed by atoms with van der Waals surface area (Å²) in [5.74, 6) is 1.33. The molecule has 0 aliphatic carbocycles. The summed E-state index contributed by atoms with van der Waals surface area (Å²) in [6.07, 6.45) is 3.57. The van der Waals surface area contributed by atoms with Crippen LogP contribution in [0.2, 0.25) is 0 Å². The smallest absolute Gasteiger partial charge is 0.170 e. The van der Waals surface area contributed by atoms with Gasteiger partial charge in [0.05, 0.1) is 37.3 Å². The second-order valence-electron chi connectivity index (χ2n) is 5.42. The maximum atomic E-state index is 12.4. The third kappa shape index (κ3) is 2.39. The van der Waals surface area contributed by atoms with Crippen molar-refractivity contribution < 1.29 is 14.3 Å². The van der Waals surface area contributed by atoms with Crippen LogP contribution < -0.4 is 9.47 Å². The summed E-state index contributed by atoms with van der Waals surface area (Å²) >= 11 is 0. The van der Waals surface area contributed by atoms with Crippen LogP contribution in [0.25, 0.3) is 0 Å². The van der Waals surface area contributed by atoms with Crippen LogP contribution in [0.3, 0.4) is 0 Å².